The lowest BCUT2D eigenvalue weighted by atomic mass is 10.1. The van der Waals surface area contributed by atoms with Crippen molar-refractivity contribution in [2.75, 3.05) is 0 Å². The lowest BCUT2D eigenvalue weighted by Crippen LogP contribution is -2.29. The number of aliphatic imine (C=N–C) groups is 1. The van der Waals surface area contributed by atoms with Crippen LogP contribution >= 0.6 is 0 Å². The Morgan fingerprint density at radius 1 is 1.12 bits per heavy atom. The van der Waals surface area contributed by atoms with Crippen molar-refractivity contribution in [2.45, 2.75) is 39.5 Å². The topological polar surface area (TPSA) is 50.3 Å². The zero-order chi connectivity index (χ0) is 18.0. The van der Waals surface area contributed by atoms with E-state index in [2.05, 4.69) is 48.7 Å². The molecule has 4 nitrogen and oxygen atoms in total. The van der Waals surface area contributed by atoms with Crippen LogP contribution in [0.2, 0.25) is 19.6 Å². The van der Waals surface area contributed by atoms with E-state index in [1.165, 1.54) is 0 Å². The summed E-state index contributed by atoms with van der Waals surface area (Å²) in [6.07, 6.45) is 1.72. The molecule has 1 unspecified atom stereocenters. The van der Waals surface area contributed by atoms with Crippen molar-refractivity contribution >= 4 is 25.1 Å². The van der Waals surface area contributed by atoms with Gasteiger partial charge in [0.15, 0.2) is 0 Å². The fourth-order valence-electron chi connectivity index (χ4n) is 2.94. The summed E-state index contributed by atoms with van der Waals surface area (Å²) in [4.78, 5) is 12.5. The Hall–Kier alpha value is -2.40. The molecule has 1 N–H and O–H groups in total. The van der Waals surface area contributed by atoms with Crippen molar-refractivity contribution in [1.29, 1.82) is 0 Å². The number of nitrogens with zero attached hydrogens (tertiary/aromatic N) is 2. The number of hydrogen-bond donors (Lipinski definition) is 1. The van der Waals surface area contributed by atoms with Gasteiger partial charge in [0.2, 0.25) is 8.32 Å². The first-order valence-electron chi connectivity index (χ1n) is 8.60. The molecule has 25 heavy (non-hydrogen) atoms. The van der Waals surface area contributed by atoms with E-state index in [1.807, 2.05) is 37.3 Å². The lowest BCUT2D eigenvalue weighted by Gasteiger charge is -2.23. The first kappa shape index (κ1) is 17.4. The smallest absolute Gasteiger partial charge is 0.242 e. The van der Waals surface area contributed by atoms with Crippen LogP contribution in [-0.4, -0.2) is 24.0 Å². The summed E-state index contributed by atoms with van der Waals surface area (Å²) in [5.41, 5.74) is 5.16. The molecule has 0 aliphatic carbocycles. The van der Waals surface area contributed by atoms with E-state index in [-0.39, 0.29) is 6.04 Å². The third-order valence-electron chi connectivity index (χ3n) is 4.01. The standard InChI is InChI=1S/C20H25N3OSi/c1-14(16-9-6-7-12-19(16)24-25(3,4)5)23-15(2)17-10-8-11-18-20(17)22-13-21-18/h6-14H,1-5H3,(H,21,22). The van der Waals surface area contributed by atoms with Crippen LogP contribution in [0.5, 0.6) is 5.75 Å². The van der Waals surface area contributed by atoms with Gasteiger partial charge in [-0.25, -0.2) is 4.98 Å². The van der Waals surface area contributed by atoms with Crippen LogP contribution in [-0.2, 0) is 0 Å². The number of para-hydroxylation sites is 2. The second-order valence-corrected chi connectivity index (χ2v) is 11.7. The van der Waals surface area contributed by atoms with E-state index in [0.29, 0.717) is 0 Å². The Balaban J connectivity index is 1.95. The maximum atomic E-state index is 6.25. The molecule has 130 valence electrons. The number of aromatic amines is 1. The summed E-state index contributed by atoms with van der Waals surface area (Å²) in [6.45, 7) is 10.7. The summed E-state index contributed by atoms with van der Waals surface area (Å²) < 4.78 is 6.25. The minimum Gasteiger partial charge on any atom is -0.544 e. The molecule has 0 aliphatic rings. The molecule has 3 rings (SSSR count). The van der Waals surface area contributed by atoms with Gasteiger partial charge >= 0.3 is 0 Å². The van der Waals surface area contributed by atoms with E-state index in [0.717, 1.165) is 33.6 Å². The summed E-state index contributed by atoms with van der Waals surface area (Å²) in [5, 5.41) is 0. The van der Waals surface area contributed by atoms with Crippen molar-refractivity contribution in [2.24, 2.45) is 4.99 Å². The second kappa shape index (κ2) is 6.84. The first-order valence-corrected chi connectivity index (χ1v) is 12.0. The molecule has 0 radical (unpaired) electrons. The van der Waals surface area contributed by atoms with Crippen LogP contribution < -0.4 is 4.43 Å². The van der Waals surface area contributed by atoms with Crippen LogP contribution in [0.4, 0.5) is 0 Å². The predicted octanol–water partition coefficient (Wildman–Crippen LogP) is 5.35. The van der Waals surface area contributed by atoms with Crippen LogP contribution in [0.3, 0.4) is 0 Å². The van der Waals surface area contributed by atoms with Crippen molar-refractivity contribution in [3.05, 3.63) is 59.9 Å². The van der Waals surface area contributed by atoms with Crippen molar-refractivity contribution in [3.8, 4) is 5.75 Å². The Kier molecular flexibility index (Phi) is 4.77. The van der Waals surface area contributed by atoms with Crippen molar-refractivity contribution in [1.82, 2.24) is 9.97 Å². The number of nitrogens with one attached hydrogen (secondary N) is 1. The third kappa shape index (κ3) is 3.99. The van der Waals surface area contributed by atoms with Gasteiger partial charge in [0.05, 0.1) is 23.4 Å². The molecule has 1 aromatic heterocycles. The molecular weight excluding hydrogens is 326 g/mol. The number of imidazole rings is 1. The Labute approximate surface area is 150 Å². The van der Waals surface area contributed by atoms with Gasteiger partial charge in [0.25, 0.3) is 0 Å². The van der Waals surface area contributed by atoms with E-state index in [4.69, 9.17) is 9.42 Å². The second-order valence-electron chi connectivity index (χ2n) is 7.25. The SMILES string of the molecule is CC(=NC(C)c1ccccc1O[Si](C)(C)C)c1cccc2[nH]cnc12. The van der Waals surface area contributed by atoms with Gasteiger partial charge in [-0.1, -0.05) is 30.3 Å². The average molecular weight is 352 g/mol. The summed E-state index contributed by atoms with van der Waals surface area (Å²) in [7, 11) is -1.67. The highest BCUT2D eigenvalue weighted by Crippen LogP contribution is 2.30. The molecule has 2 aromatic carbocycles. The van der Waals surface area contributed by atoms with Gasteiger partial charge in [-0.3, -0.25) is 4.99 Å². The van der Waals surface area contributed by atoms with Gasteiger partial charge in [-0.05, 0) is 45.6 Å². The zero-order valence-corrected chi connectivity index (χ0v) is 16.5. The molecule has 5 heteroatoms. The van der Waals surface area contributed by atoms with Crippen LogP contribution in [0.25, 0.3) is 11.0 Å². The van der Waals surface area contributed by atoms with Gasteiger partial charge in [0, 0.05) is 16.8 Å². The third-order valence-corrected chi connectivity index (χ3v) is 4.84. The number of fused-ring (bicyclic) bond motifs is 1. The number of H-pyrrole nitrogens is 1. The molecule has 0 amide bonds. The van der Waals surface area contributed by atoms with Gasteiger partial charge in [-0.2, -0.15) is 0 Å². The minimum atomic E-state index is -1.67. The molecule has 1 atom stereocenters. The van der Waals surface area contributed by atoms with Gasteiger partial charge < -0.3 is 9.41 Å². The van der Waals surface area contributed by atoms with E-state index >= 15 is 0 Å². The summed E-state index contributed by atoms with van der Waals surface area (Å²) in [5.74, 6) is 0.948. The predicted molar refractivity (Wildman–Crippen MR) is 107 cm³/mol. The lowest BCUT2D eigenvalue weighted by molar-refractivity contribution is 0.543. The molecule has 0 saturated carbocycles. The number of rotatable bonds is 5. The molecule has 0 spiro atoms. The number of aromatic nitrogens is 2. The Bertz CT molecular complexity index is 908. The molecule has 0 saturated heterocycles. The highest BCUT2D eigenvalue weighted by Gasteiger charge is 2.20. The van der Waals surface area contributed by atoms with Crippen molar-refractivity contribution < 1.29 is 4.43 Å². The normalized spacial score (nSPS) is 13.9. The molecule has 0 fully saturated rings. The maximum absolute atomic E-state index is 6.25. The first-order chi connectivity index (χ1) is 11.8. The molecule has 1 heterocycles. The van der Waals surface area contributed by atoms with E-state index in [9.17, 15) is 0 Å². The van der Waals surface area contributed by atoms with Crippen molar-refractivity contribution in [3.63, 3.8) is 0 Å². The quantitative estimate of drug-likeness (QED) is 0.498. The van der Waals surface area contributed by atoms with Crippen LogP contribution in [0.1, 0.15) is 31.0 Å². The minimum absolute atomic E-state index is 0.0155. The van der Waals surface area contributed by atoms with Gasteiger partial charge in [0.1, 0.15) is 5.75 Å². The molecule has 0 aliphatic heterocycles. The average Bonchev–Trinajstić information content (AvgIpc) is 3.02. The fraction of sp³-hybridized carbons (Fsp3) is 0.300. The maximum Gasteiger partial charge on any atom is 0.242 e. The zero-order valence-electron chi connectivity index (χ0n) is 15.5. The number of hydrogen-bond acceptors (Lipinski definition) is 3. The fourth-order valence-corrected chi connectivity index (χ4v) is 3.78. The Morgan fingerprint density at radius 2 is 1.88 bits per heavy atom. The molecule has 3 aromatic rings. The van der Waals surface area contributed by atoms with Crippen LogP contribution in [0.15, 0.2) is 53.8 Å². The van der Waals surface area contributed by atoms with E-state index in [1.54, 1.807) is 6.33 Å². The summed E-state index contributed by atoms with van der Waals surface area (Å²) >= 11 is 0. The number of benzene rings is 2. The largest absolute Gasteiger partial charge is 0.544 e. The molecular formula is C20H25N3OSi. The van der Waals surface area contributed by atoms with Crippen LogP contribution in [0, 0.1) is 0 Å². The highest BCUT2D eigenvalue weighted by molar-refractivity contribution is 6.70. The van der Waals surface area contributed by atoms with Gasteiger partial charge in [-0.15, -0.1) is 0 Å². The highest BCUT2D eigenvalue weighted by atomic mass is 28.4. The summed E-state index contributed by atoms with van der Waals surface area (Å²) in [6, 6.07) is 14.4. The molecule has 0 bridgehead atoms. The monoisotopic (exact) mass is 351 g/mol. The van der Waals surface area contributed by atoms with E-state index < -0.39 is 8.32 Å². The Morgan fingerprint density at radius 3 is 2.64 bits per heavy atom.